The average Bonchev–Trinajstić information content (AvgIpc) is 3.18. The van der Waals surface area contributed by atoms with Crippen molar-refractivity contribution in [1.29, 1.82) is 0 Å². The number of aliphatic hydroxyl groups excluding tert-OH is 2. The molecule has 0 radical (unpaired) electrons. The van der Waals surface area contributed by atoms with Crippen LogP contribution in [0.2, 0.25) is 0 Å². The Labute approximate surface area is 335 Å². The molecule has 0 aliphatic rings. The van der Waals surface area contributed by atoms with E-state index < -0.39 is 71.3 Å². The number of methoxy groups -OCH3 is 1. The van der Waals surface area contributed by atoms with E-state index in [1.807, 2.05) is 0 Å². The molecular formula is C39H45Cl2N5O10. The van der Waals surface area contributed by atoms with Crippen LogP contribution in [-0.4, -0.2) is 116 Å². The van der Waals surface area contributed by atoms with Gasteiger partial charge in [0.1, 0.15) is 12.1 Å². The summed E-state index contributed by atoms with van der Waals surface area (Å²) >= 11 is 11.0. The summed E-state index contributed by atoms with van der Waals surface area (Å²) < 4.78 is 4.68. The van der Waals surface area contributed by atoms with Crippen LogP contribution in [-0.2, 0) is 14.3 Å². The normalized spacial score (nSPS) is 13.7. The molecule has 12 N–H and O–H groups in total. The molecule has 0 saturated heterocycles. The molecular weight excluding hydrogens is 769 g/mol. The Morgan fingerprint density at radius 3 is 1.34 bits per heavy atom. The van der Waals surface area contributed by atoms with Gasteiger partial charge in [-0.3, -0.25) is 19.6 Å². The number of benzene rings is 2. The van der Waals surface area contributed by atoms with Crippen molar-refractivity contribution in [2.45, 2.75) is 62.1 Å². The van der Waals surface area contributed by atoms with Crippen molar-refractivity contribution in [3.05, 3.63) is 70.8 Å². The van der Waals surface area contributed by atoms with Gasteiger partial charge in [0.05, 0.1) is 32.1 Å². The molecule has 15 nitrogen and oxygen atoms in total. The van der Waals surface area contributed by atoms with Gasteiger partial charge in [0.25, 0.3) is 17.7 Å². The zero-order chi connectivity index (χ0) is 42.7. The van der Waals surface area contributed by atoms with E-state index in [-0.39, 0.29) is 17.3 Å². The Balaban J connectivity index is 0.000000560. The maximum Gasteiger partial charge on any atom is 0.330 e. The van der Waals surface area contributed by atoms with Gasteiger partial charge in [-0.05, 0) is 99.9 Å². The third-order valence-corrected chi connectivity index (χ3v) is 8.12. The highest BCUT2D eigenvalue weighted by Gasteiger charge is 2.35. The summed E-state index contributed by atoms with van der Waals surface area (Å²) in [6.45, 7) is 5.09. The lowest BCUT2D eigenvalue weighted by molar-refractivity contribution is -0.144. The number of halogens is 2. The van der Waals surface area contributed by atoms with Crippen LogP contribution in [0.15, 0.2) is 48.5 Å². The largest absolute Gasteiger partial charge is 0.467 e. The maximum atomic E-state index is 12.4. The number of rotatable bonds is 12. The number of alkyl halides is 2. The molecule has 2 rings (SSSR count). The molecule has 17 heteroatoms. The first-order chi connectivity index (χ1) is 26.1. The summed E-state index contributed by atoms with van der Waals surface area (Å²) in [4.78, 5) is 48.3. The number of aliphatic hydroxyl groups is 4. The molecule has 2 unspecified atom stereocenters. The number of amides is 3. The minimum absolute atomic E-state index is 0.242. The van der Waals surface area contributed by atoms with Crippen molar-refractivity contribution in [3.8, 4) is 47.4 Å². The van der Waals surface area contributed by atoms with Gasteiger partial charge in [-0.25, -0.2) is 10.3 Å². The molecule has 300 valence electrons. The molecule has 0 aliphatic heterocycles. The monoisotopic (exact) mass is 813 g/mol. The highest BCUT2D eigenvalue weighted by molar-refractivity contribution is 6.19. The minimum atomic E-state index is -1.70. The second-order valence-electron chi connectivity index (χ2n) is 13.3. The van der Waals surface area contributed by atoms with Crippen LogP contribution >= 0.6 is 23.2 Å². The molecule has 0 heterocycles. The third kappa shape index (κ3) is 16.3. The van der Waals surface area contributed by atoms with E-state index in [4.69, 9.17) is 50.1 Å². The topological polar surface area (TPSA) is 267 Å². The van der Waals surface area contributed by atoms with Crippen molar-refractivity contribution in [2.24, 2.45) is 11.5 Å². The number of carbonyl (C=O) groups excluding carboxylic acids is 4. The van der Waals surface area contributed by atoms with Gasteiger partial charge in [0, 0.05) is 33.3 Å². The maximum absolute atomic E-state index is 12.4. The zero-order valence-corrected chi connectivity index (χ0v) is 32.8. The Bertz CT molecular complexity index is 1780. The van der Waals surface area contributed by atoms with Crippen molar-refractivity contribution < 1.29 is 49.5 Å². The quantitative estimate of drug-likeness (QED) is 0.0422. The van der Waals surface area contributed by atoms with Crippen LogP contribution in [0.1, 0.15) is 59.5 Å². The van der Waals surface area contributed by atoms with Crippen molar-refractivity contribution in [1.82, 2.24) is 16.1 Å². The number of nitrogens with one attached hydrogen (secondary N) is 3. The van der Waals surface area contributed by atoms with E-state index >= 15 is 0 Å². The average molecular weight is 815 g/mol. The van der Waals surface area contributed by atoms with E-state index in [0.29, 0.717) is 16.7 Å². The molecule has 0 bridgehead atoms. The van der Waals surface area contributed by atoms with Crippen LogP contribution in [0.25, 0.3) is 0 Å². The molecule has 2 aromatic rings. The third-order valence-electron chi connectivity index (χ3n) is 7.24. The Kier molecular flexibility index (Phi) is 19.6. The number of ether oxygens (including phenoxy) is 1. The fraction of sp³-hybridized carbons (Fsp3) is 0.385. The standard InChI is InChI=1S/C20H23ClN2O5.C19H22ClN3O5/c1-19(2,22)16(18(26)28-3)23-17(25)15-9-7-14(8-10-15)6-4-5-11-20(27,12-21)13-24;1-18(2,21)15(17(26)23-28)22-16(25)14-8-6-13(7-9-14)5-3-4-10-19(27,11-20)12-24/h7-10,16,24,27H,12-13,22H2,1-3H3,(H,23,25);6-9,15,24,27-28H,11-12,21H2,1-2H3,(H,22,25)(H,23,26)/t16-,20?;15-,19?/m11/s1. The minimum Gasteiger partial charge on any atom is -0.467 e. The number of esters is 1. The van der Waals surface area contributed by atoms with Crippen LogP contribution < -0.4 is 27.6 Å². The lowest BCUT2D eigenvalue weighted by atomic mass is 9.95. The molecule has 0 saturated carbocycles. The summed E-state index contributed by atoms with van der Waals surface area (Å²) in [5, 5.41) is 51.2. The molecule has 0 aliphatic carbocycles. The van der Waals surface area contributed by atoms with Crippen LogP contribution in [0.3, 0.4) is 0 Å². The number of hydroxylamine groups is 1. The molecule has 0 fully saturated rings. The second-order valence-corrected chi connectivity index (χ2v) is 13.8. The number of nitrogens with two attached hydrogens (primary N) is 2. The first-order valence-corrected chi connectivity index (χ1v) is 17.5. The van der Waals surface area contributed by atoms with Crippen molar-refractivity contribution in [3.63, 3.8) is 0 Å². The zero-order valence-electron chi connectivity index (χ0n) is 31.3. The first-order valence-electron chi connectivity index (χ1n) is 16.4. The van der Waals surface area contributed by atoms with Gasteiger partial charge < -0.3 is 47.3 Å². The fourth-order valence-electron chi connectivity index (χ4n) is 3.89. The number of carbonyl (C=O) groups is 4. The molecule has 3 amide bonds. The highest BCUT2D eigenvalue weighted by Crippen LogP contribution is 2.11. The van der Waals surface area contributed by atoms with E-state index in [0.717, 1.165) is 0 Å². The van der Waals surface area contributed by atoms with Gasteiger partial charge >= 0.3 is 5.97 Å². The molecule has 2 aromatic carbocycles. The van der Waals surface area contributed by atoms with Gasteiger partial charge in [-0.1, -0.05) is 23.7 Å². The Morgan fingerprint density at radius 2 is 1.05 bits per heavy atom. The van der Waals surface area contributed by atoms with Gasteiger partial charge in [0.15, 0.2) is 11.2 Å². The second kappa shape index (κ2) is 22.4. The Hall–Kier alpha value is -5.14. The first kappa shape index (κ1) is 48.9. The Morgan fingerprint density at radius 1 is 0.696 bits per heavy atom. The van der Waals surface area contributed by atoms with Gasteiger partial charge in [-0.15, -0.1) is 23.2 Å². The van der Waals surface area contributed by atoms with E-state index in [1.165, 1.54) is 50.7 Å². The van der Waals surface area contributed by atoms with Crippen molar-refractivity contribution >= 4 is 46.9 Å². The molecule has 4 atom stereocenters. The summed E-state index contributed by atoms with van der Waals surface area (Å²) in [5.74, 6) is 17.1. The summed E-state index contributed by atoms with van der Waals surface area (Å²) in [5.41, 5.74) is 9.47. The smallest absolute Gasteiger partial charge is 0.330 e. The van der Waals surface area contributed by atoms with Gasteiger partial charge in [-0.2, -0.15) is 0 Å². The highest BCUT2D eigenvalue weighted by atomic mass is 35.5. The van der Waals surface area contributed by atoms with E-state index in [9.17, 15) is 29.4 Å². The predicted molar refractivity (Wildman–Crippen MR) is 209 cm³/mol. The lowest BCUT2D eigenvalue weighted by Crippen LogP contribution is -2.61. The van der Waals surface area contributed by atoms with E-state index in [2.05, 4.69) is 62.7 Å². The number of hydrogen-bond acceptors (Lipinski definition) is 12. The lowest BCUT2D eigenvalue weighted by Gasteiger charge is -2.29. The molecule has 56 heavy (non-hydrogen) atoms. The summed E-state index contributed by atoms with van der Waals surface area (Å²) in [6.07, 6.45) is 0. The van der Waals surface area contributed by atoms with Gasteiger partial charge in [0.2, 0.25) is 0 Å². The molecule has 0 aromatic heterocycles. The number of hydrogen-bond donors (Lipinski definition) is 10. The van der Waals surface area contributed by atoms with Crippen LogP contribution in [0.5, 0.6) is 0 Å². The van der Waals surface area contributed by atoms with Crippen molar-refractivity contribution in [2.75, 3.05) is 32.1 Å². The summed E-state index contributed by atoms with van der Waals surface area (Å²) in [7, 11) is 1.22. The fourth-order valence-corrected chi connectivity index (χ4v) is 4.19. The molecule has 0 spiro atoms. The summed E-state index contributed by atoms with van der Waals surface area (Å²) in [6, 6.07) is 10.2. The van der Waals surface area contributed by atoms with Crippen LogP contribution in [0, 0.1) is 47.4 Å². The predicted octanol–water partition coefficient (Wildman–Crippen LogP) is -0.643. The SMILES string of the molecule is CC(C)(N)[C@H](NC(=O)c1ccc(C#CC#CC(O)(CO)CCl)cc1)C(=O)NO.COC(=O)[C@@H](NC(=O)c1ccc(C#CC#CC(O)(CO)CCl)cc1)C(C)(C)N. The van der Waals surface area contributed by atoms with Crippen LogP contribution in [0.4, 0.5) is 0 Å². The van der Waals surface area contributed by atoms with E-state index in [1.54, 1.807) is 38.1 Å².